The largest absolute Gasteiger partial charge is 0.511 e. The first-order valence-corrected chi connectivity index (χ1v) is 10.1. The van der Waals surface area contributed by atoms with Crippen molar-refractivity contribution in [1.29, 1.82) is 0 Å². The summed E-state index contributed by atoms with van der Waals surface area (Å²) in [6, 6.07) is 12.6. The van der Waals surface area contributed by atoms with Gasteiger partial charge in [0.15, 0.2) is 0 Å². The highest BCUT2D eigenvalue weighted by Gasteiger charge is 2.45. The van der Waals surface area contributed by atoms with E-state index in [1.54, 1.807) is 52.0 Å². The van der Waals surface area contributed by atoms with E-state index in [2.05, 4.69) is 0 Å². The van der Waals surface area contributed by atoms with Crippen LogP contribution in [0.5, 0.6) is 0 Å². The zero-order valence-electron chi connectivity index (χ0n) is 17.7. The van der Waals surface area contributed by atoms with E-state index in [1.807, 2.05) is 22.8 Å². The third-order valence-electron chi connectivity index (χ3n) is 5.23. The summed E-state index contributed by atoms with van der Waals surface area (Å²) in [6.45, 7) is 7.46. The minimum atomic E-state index is -1.03. The first-order chi connectivity index (χ1) is 14.3. The maximum atomic E-state index is 13.0. The number of fused-ring (bicyclic) bond motifs is 1. The van der Waals surface area contributed by atoms with Crippen LogP contribution in [0.4, 0.5) is 4.79 Å². The number of hydrogen-bond acceptors (Lipinski definition) is 6. The van der Waals surface area contributed by atoms with Gasteiger partial charge < -0.3 is 18.8 Å². The standard InChI is InChI=1S/C23H27NO6/c1-5-19(30-22(27)28-15(2)3)29-21(26)23(4)13-14-24-17(11-12-18(23)24)20(25)16-9-7-6-8-10-16/h6-12,15,19H,5,13-14H2,1-4H3/t19?,23-/m0/s1. The van der Waals surface area contributed by atoms with E-state index in [0.29, 0.717) is 36.3 Å². The van der Waals surface area contributed by atoms with Gasteiger partial charge in [-0.05, 0) is 39.3 Å². The van der Waals surface area contributed by atoms with E-state index in [9.17, 15) is 14.4 Å². The number of hydrogen-bond donors (Lipinski definition) is 0. The molecule has 1 aliphatic heterocycles. The maximum absolute atomic E-state index is 13.0. The number of aromatic nitrogens is 1. The highest BCUT2D eigenvalue weighted by Crippen LogP contribution is 2.38. The Labute approximate surface area is 175 Å². The number of nitrogens with zero attached hydrogens (tertiary/aromatic N) is 1. The minimum absolute atomic E-state index is 0.0920. The average molecular weight is 413 g/mol. The minimum Gasteiger partial charge on any atom is -0.431 e. The number of ketones is 1. The maximum Gasteiger partial charge on any atom is 0.511 e. The first-order valence-electron chi connectivity index (χ1n) is 10.1. The van der Waals surface area contributed by atoms with Gasteiger partial charge in [0.05, 0.1) is 11.8 Å². The highest BCUT2D eigenvalue weighted by molar-refractivity contribution is 6.08. The fourth-order valence-corrected chi connectivity index (χ4v) is 3.56. The highest BCUT2D eigenvalue weighted by atomic mass is 16.8. The van der Waals surface area contributed by atoms with Gasteiger partial charge in [0.25, 0.3) is 6.29 Å². The van der Waals surface area contributed by atoms with Crippen LogP contribution in [0, 0.1) is 0 Å². The van der Waals surface area contributed by atoms with Crippen molar-refractivity contribution in [2.45, 2.75) is 64.9 Å². The van der Waals surface area contributed by atoms with Gasteiger partial charge in [-0.3, -0.25) is 9.59 Å². The molecule has 0 spiro atoms. The molecule has 1 unspecified atom stereocenters. The van der Waals surface area contributed by atoms with Gasteiger partial charge in [-0.1, -0.05) is 37.3 Å². The van der Waals surface area contributed by atoms with E-state index in [1.165, 1.54) is 0 Å². The SMILES string of the molecule is CCC(OC(=O)OC(C)C)OC(=O)[C@@]1(C)CCn2c(C(=O)c3ccccc3)ccc21. The van der Waals surface area contributed by atoms with Crippen LogP contribution < -0.4 is 0 Å². The van der Waals surface area contributed by atoms with Gasteiger partial charge >= 0.3 is 12.1 Å². The van der Waals surface area contributed by atoms with Crippen LogP contribution in [-0.2, 0) is 31.0 Å². The zero-order valence-corrected chi connectivity index (χ0v) is 17.7. The lowest BCUT2D eigenvalue weighted by atomic mass is 9.86. The molecule has 2 aromatic rings. The third-order valence-corrected chi connectivity index (χ3v) is 5.23. The Morgan fingerprint density at radius 2 is 1.73 bits per heavy atom. The zero-order chi connectivity index (χ0) is 21.9. The van der Waals surface area contributed by atoms with Crippen LogP contribution in [0.3, 0.4) is 0 Å². The smallest absolute Gasteiger partial charge is 0.431 e. The predicted octanol–water partition coefficient (Wildman–Crippen LogP) is 4.22. The van der Waals surface area contributed by atoms with Gasteiger partial charge in [-0.25, -0.2) is 4.79 Å². The van der Waals surface area contributed by atoms with Crippen molar-refractivity contribution >= 4 is 17.9 Å². The van der Waals surface area contributed by atoms with Crippen molar-refractivity contribution in [2.24, 2.45) is 0 Å². The summed E-state index contributed by atoms with van der Waals surface area (Å²) < 4.78 is 17.4. The Morgan fingerprint density at radius 1 is 1.03 bits per heavy atom. The summed E-state index contributed by atoms with van der Waals surface area (Å²) in [6.07, 6.45) is -1.45. The third kappa shape index (κ3) is 4.25. The van der Waals surface area contributed by atoms with Crippen LogP contribution in [-0.4, -0.2) is 34.9 Å². The molecular formula is C23H27NO6. The molecule has 0 aliphatic carbocycles. The van der Waals surface area contributed by atoms with Crippen LogP contribution in [0.2, 0.25) is 0 Å². The number of carbonyl (C=O) groups is 3. The van der Waals surface area contributed by atoms with E-state index in [4.69, 9.17) is 14.2 Å². The predicted molar refractivity (Wildman–Crippen MR) is 109 cm³/mol. The lowest BCUT2D eigenvalue weighted by Crippen LogP contribution is -2.36. The van der Waals surface area contributed by atoms with Crippen LogP contribution in [0.15, 0.2) is 42.5 Å². The fourth-order valence-electron chi connectivity index (χ4n) is 3.56. The Morgan fingerprint density at radius 3 is 2.37 bits per heavy atom. The Bertz CT molecular complexity index is 932. The summed E-state index contributed by atoms with van der Waals surface area (Å²) in [7, 11) is 0. The van der Waals surface area contributed by atoms with E-state index in [-0.39, 0.29) is 11.9 Å². The molecule has 0 saturated carbocycles. The molecule has 0 saturated heterocycles. The normalized spacial score (nSPS) is 18.6. The van der Waals surface area contributed by atoms with E-state index < -0.39 is 23.8 Å². The van der Waals surface area contributed by atoms with Gasteiger partial charge in [-0.2, -0.15) is 0 Å². The lowest BCUT2D eigenvalue weighted by molar-refractivity contribution is -0.178. The van der Waals surface area contributed by atoms with E-state index >= 15 is 0 Å². The Hall–Kier alpha value is -3.09. The van der Waals surface area contributed by atoms with Crippen LogP contribution in [0.25, 0.3) is 0 Å². The summed E-state index contributed by atoms with van der Waals surface area (Å²) in [5.74, 6) is -0.590. The van der Waals surface area contributed by atoms with Gasteiger partial charge in [0.1, 0.15) is 5.41 Å². The monoisotopic (exact) mass is 413 g/mol. The van der Waals surface area contributed by atoms with Crippen LogP contribution in [0.1, 0.15) is 62.3 Å². The number of rotatable bonds is 7. The van der Waals surface area contributed by atoms with Crippen molar-refractivity contribution < 1.29 is 28.6 Å². The second-order valence-electron chi connectivity index (χ2n) is 7.81. The van der Waals surface area contributed by atoms with Gasteiger partial charge in [0, 0.05) is 24.2 Å². The van der Waals surface area contributed by atoms with Gasteiger partial charge in [-0.15, -0.1) is 0 Å². The molecule has 7 heteroatoms. The van der Waals surface area contributed by atoms with Crippen molar-refractivity contribution in [1.82, 2.24) is 4.57 Å². The number of carbonyl (C=O) groups excluding carboxylic acids is 3. The van der Waals surface area contributed by atoms with E-state index in [0.717, 1.165) is 0 Å². The van der Waals surface area contributed by atoms with Crippen molar-refractivity contribution in [3.05, 3.63) is 59.4 Å². The molecular weight excluding hydrogens is 386 g/mol. The second kappa shape index (κ2) is 8.73. The number of benzene rings is 1. The molecule has 160 valence electrons. The summed E-state index contributed by atoms with van der Waals surface area (Å²) in [4.78, 5) is 37.6. The first kappa shape index (κ1) is 21.6. The Kier molecular flexibility index (Phi) is 6.29. The molecule has 0 bridgehead atoms. The summed E-state index contributed by atoms with van der Waals surface area (Å²) >= 11 is 0. The fraction of sp³-hybridized carbons (Fsp3) is 0.435. The molecule has 2 heterocycles. The molecule has 3 rings (SSSR count). The molecule has 0 N–H and O–H groups in total. The second-order valence-corrected chi connectivity index (χ2v) is 7.81. The average Bonchev–Trinajstić information content (AvgIpc) is 3.29. The summed E-state index contributed by atoms with van der Waals surface area (Å²) in [5.41, 5.74) is 0.911. The molecule has 30 heavy (non-hydrogen) atoms. The molecule has 1 aromatic carbocycles. The van der Waals surface area contributed by atoms with Crippen LogP contribution >= 0.6 is 0 Å². The molecule has 0 amide bonds. The number of esters is 1. The molecule has 1 aromatic heterocycles. The van der Waals surface area contributed by atoms with Crippen molar-refractivity contribution in [3.8, 4) is 0 Å². The molecule has 2 atom stereocenters. The molecule has 1 aliphatic rings. The summed E-state index contributed by atoms with van der Waals surface area (Å²) in [5, 5.41) is 0. The van der Waals surface area contributed by atoms with Gasteiger partial charge in [0.2, 0.25) is 5.78 Å². The molecule has 0 fully saturated rings. The van der Waals surface area contributed by atoms with Crippen molar-refractivity contribution in [2.75, 3.05) is 0 Å². The lowest BCUT2D eigenvalue weighted by Gasteiger charge is -2.25. The molecule has 7 nitrogen and oxygen atoms in total. The topological polar surface area (TPSA) is 83.8 Å². The quantitative estimate of drug-likeness (QED) is 0.384. The number of ether oxygens (including phenoxy) is 3. The Balaban J connectivity index is 1.76. The molecule has 0 radical (unpaired) electrons. The van der Waals surface area contributed by atoms with Crippen molar-refractivity contribution in [3.63, 3.8) is 0 Å².